The molecule has 1 saturated heterocycles. The number of hydrogen-bond donors (Lipinski definition) is 1. The van der Waals surface area contributed by atoms with Gasteiger partial charge in [0, 0.05) is 17.8 Å². The molecule has 2 aliphatic rings. The van der Waals surface area contributed by atoms with Crippen LogP contribution in [0.15, 0.2) is 4.99 Å². The largest absolute Gasteiger partial charge is 0.359 e. The second-order valence-electron chi connectivity index (χ2n) is 5.46. The summed E-state index contributed by atoms with van der Waals surface area (Å²) in [5.41, 5.74) is 0.407. The molecule has 1 heterocycles. The van der Waals surface area contributed by atoms with E-state index in [1.807, 2.05) is 23.5 Å². The normalized spacial score (nSPS) is 27.3. The van der Waals surface area contributed by atoms with Crippen molar-refractivity contribution in [3.05, 3.63) is 0 Å². The molecule has 1 aliphatic carbocycles. The minimum atomic E-state index is 0.407. The highest BCUT2D eigenvalue weighted by Gasteiger charge is 2.37. The molecule has 0 radical (unpaired) electrons. The molecule has 0 aromatic rings. The van der Waals surface area contributed by atoms with Gasteiger partial charge in [-0.1, -0.05) is 37.9 Å². The van der Waals surface area contributed by atoms with Crippen LogP contribution in [0.25, 0.3) is 0 Å². The van der Waals surface area contributed by atoms with Gasteiger partial charge in [0.15, 0.2) is 5.17 Å². The average Bonchev–Trinajstić information content (AvgIpc) is 2.71. The van der Waals surface area contributed by atoms with E-state index < -0.39 is 0 Å². The minimum absolute atomic E-state index is 0.407. The molecule has 1 atom stereocenters. The van der Waals surface area contributed by atoms with Gasteiger partial charge in [-0.05, 0) is 30.8 Å². The van der Waals surface area contributed by atoms with Crippen molar-refractivity contribution in [3.63, 3.8) is 0 Å². The zero-order valence-corrected chi connectivity index (χ0v) is 12.6. The molecule has 0 amide bonds. The van der Waals surface area contributed by atoms with E-state index in [2.05, 4.69) is 18.5 Å². The van der Waals surface area contributed by atoms with Crippen molar-refractivity contribution >= 4 is 28.7 Å². The molecule has 1 spiro atoms. The maximum atomic E-state index is 4.75. The lowest BCUT2D eigenvalue weighted by Gasteiger charge is -2.32. The van der Waals surface area contributed by atoms with Crippen molar-refractivity contribution < 1.29 is 0 Å². The van der Waals surface area contributed by atoms with Crippen LogP contribution in [0.5, 0.6) is 0 Å². The molecule has 1 saturated carbocycles. The summed E-state index contributed by atoms with van der Waals surface area (Å²) in [6, 6.07) is 0. The summed E-state index contributed by atoms with van der Waals surface area (Å²) in [6.45, 7) is 3.27. The van der Waals surface area contributed by atoms with Gasteiger partial charge in [0.1, 0.15) is 0 Å². The molecular formula is C13H24N2S2. The van der Waals surface area contributed by atoms with Gasteiger partial charge in [0.05, 0.1) is 0 Å². The van der Waals surface area contributed by atoms with Crippen molar-refractivity contribution in [2.75, 3.05) is 24.3 Å². The summed E-state index contributed by atoms with van der Waals surface area (Å²) in [4.78, 5) is 4.75. The van der Waals surface area contributed by atoms with E-state index in [9.17, 15) is 0 Å². The molecule has 0 aromatic heterocycles. The van der Waals surface area contributed by atoms with Gasteiger partial charge in [-0.2, -0.15) is 11.8 Å². The quantitative estimate of drug-likeness (QED) is 0.849. The van der Waals surface area contributed by atoms with Gasteiger partial charge in [0.25, 0.3) is 0 Å². The lowest BCUT2D eigenvalue weighted by atomic mass is 9.83. The molecule has 0 aromatic carbocycles. The van der Waals surface area contributed by atoms with Gasteiger partial charge in [-0.3, -0.25) is 4.99 Å². The van der Waals surface area contributed by atoms with Crippen molar-refractivity contribution in [2.45, 2.75) is 44.6 Å². The van der Waals surface area contributed by atoms with Crippen LogP contribution in [-0.2, 0) is 0 Å². The van der Waals surface area contributed by atoms with Gasteiger partial charge >= 0.3 is 0 Å². The van der Waals surface area contributed by atoms with Crippen molar-refractivity contribution in [1.29, 1.82) is 0 Å². The van der Waals surface area contributed by atoms with Gasteiger partial charge in [0.2, 0.25) is 0 Å². The first-order valence-electron chi connectivity index (χ1n) is 6.68. The smallest absolute Gasteiger partial charge is 0.157 e. The van der Waals surface area contributed by atoms with Crippen LogP contribution in [0.1, 0.15) is 39.0 Å². The monoisotopic (exact) mass is 272 g/mol. The highest BCUT2D eigenvalue weighted by molar-refractivity contribution is 8.14. The van der Waals surface area contributed by atoms with E-state index in [0.29, 0.717) is 11.5 Å². The predicted molar refractivity (Wildman–Crippen MR) is 81.3 cm³/mol. The minimum Gasteiger partial charge on any atom is -0.359 e. The third kappa shape index (κ3) is 3.82. The Labute approximate surface area is 114 Å². The first kappa shape index (κ1) is 13.6. The van der Waals surface area contributed by atoms with Crippen LogP contribution in [0.4, 0.5) is 0 Å². The molecule has 4 heteroatoms. The van der Waals surface area contributed by atoms with Gasteiger partial charge < -0.3 is 5.32 Å². The fraction of sp³-hybridized carbons (Fsp3) is 0.923. The summed E-state index contributed by atoms with van der Waals surface area (Å²) >= 11 is 3.86. The third-order valence-electron chi connectivity index (χ3n) is 3.67. The van der Waals surface area contributed by atoms with Gasteiger partial charge in [-0.25, -0.2) is 0 Å². The Morgan fingerprint density at radius 1 is 1.41 bits per heavy atom. The molecule has 17 heavy (non-hydrogen) atoms. The summed E-state index contributed by atoms with van der Waals surface area (Å²) in [7, 11) is 0. The third-order valence-corrected chi connectivity index (χ3v) is 5.77. The second-order valence-corrected chi connectivity index (χ2v) is 7.34. The molecule has 2 nitrogen and oxygen atoms in total. The molecule has 0 bridgehead atoms. The lowest BCUT2D eigenvalue weighted by Crippen LogP contribution is -2.45. The number of hydrogen-bond acceptors (Lipinski definition) is 3. The molecule has 1 unspecified atom stereocenters. The zero-order valence-electron chi connectivity index (χ0n) is 11.0. The number of nitrogens with one attached hydrogen (secondary N) is 1. The first-order chi connectivity index (χ1) is 8.24. The highest BCUT2D eigenvalue weighted by Crippen LogP contribution is 2.36. The Morgan fingerprint density at radius 2 is 2.18 bits per heavy atom. The molecule has 2 fully saturated rings. The topological polar surface area (TPSA) is 24.4 Å². The Balaban J connectivity index is 1.82. The second kappa shape index (κ2) is 6.37. The van der Waals surface area contributed by atoms with Crippen LogP contribution >= 0.6 is 23.5 Å². The maximum absolute atomic E-state index is 4.75. The lowest BCUT2D eigenvalue weighted by molar-refractivity contribution is 0.303. The summed E-state index contributed by atoms with van der Waals surface area (Å²) in [5.74, 6) is 3.15. The molecule has 1 N–H and O–H groups in total. The Morgan fingerprint density at radius 3 is 2.88 bits per heavy atom. The highest BCUT2D eigenvalue weighted by atomic mass is 32.2. The summed E-state index contributed by atoms with van der Waals surface area (Å²) < 4.78 is 0. The van der Waals surface area contributed by atoms with E-state index in [0.717, 1.165) is 6.54 Å². The molecule has 1 aliphatic heterocycles. The molecule has 98 valence electrons. The Bertz CT molecular complexity index is 273. The Kier molecular flexibility index (Phi) is 5.10. The molecule has 2 rings (SSSR count). The fourth-order valence-electron chi connectivity index (χ4n) is 2.66. The van der Waals surface area contributed by atoms with Crippen LogP contribution in [-0.4, -0.2) is 35.0 Å². The van der Waals surface area contributed by atoms with Crippen LogP contribution in [0, 0.1) is 5.92 Å². The van der Waals surface area contributed by atoms with E-state index in [-0.39, 0.29) is 0 Å². The van der Waals surface area contributed by atoms with Crippen molar-refractivity contribution in [3.8, 4) is 0 Å². The van der Waals surface area contributed by atoms with E-state index >= 15 is 0 Å². The van der Waals surface area contributed by atoms with Crippen LogP contribution < -0.4 is 5.32 Å². The van der Waals surface area contributed by atoms with Gasteiger partial charge in [-0.15, -0.1) is 0 Å². The van der Waals surface area contributed by atoms with Crippen molar-refractivity contribution in [1.82, 2.24) is 5.32 Å². The maximum Gasteiger partial charge on any atom is 0.157 e. The predicted octanol–water partition coefficient (Wildman–Crippen LogP) is 3.38. The zero-order chi connectivity index (χ0) is 12.1. The molecular weight excluding hydrogens is 248 g/mol. The SMILES string of the molecule is CSCC(C)CN=C1NC2(CCCCC2)CS1. The van der Waals surface area contributed by atoms with Crippen LogP contribution in [0.2, 0.25) is 0 Å². The van der Waals surface area contributed by atoms with E-state index in [4.69, 9.17) is 4.99 Å². The standard InChI is InChI=1S/C13H24N2S2/c1-11(9-16-2)8-14-12-15-13(10-17-12)6-4-3-5-7-13/h11H,3-10H2,1-2H3,(H,14,15). The number of aliphatic imine (C=N–C) groups is 1. The number of nitrogens with zero attached hydrogens (tertiary/aromatic N) is 1. The van der Waals surface area contributed by atoms with Crippen LogP contribution in [0.3, 0.4) is 0 Å². The number of rotatable bonds is 4. The number of amidine groups is 1. The fourth-order valence-corrected chi connectivity index (χ4v) is 4.57. The van der Waals surface area contributed by atoms with E-state index in [1.165, 1.54) is 48.8 Å². The summed E-state index contributed by atoms with van der Waals surface area (Å²) in [5, 5.41) is 4.92. The summed E-state index contributed by atoms with van der Waals surface area (Å²) in [6.07, 6.45) is 9.07. The number of thioether (sulfide) groups is 2. The van der Waals surface area contributed by atoms with Crippen molar-refractivity contribution in [2.24, 2.45) is 10.9 Å². The Hall–Kier alpha value is 0.170. The van der Waals surface area contributed by atoms with E-state index in [1.54, 1.807) is 0 Å². The average molecular weight is 272 g/mol. The first-order valence-corrected chi connectivity index (χ1v) is 9.06.